The third-order valence-corrected chi connectivity index (χ3v) is 4.65. The molecule has 0 unspecified atom stereocenters. The first-order valence-corrected chi connectivity index (χ1v) is 8.34. The number of rotatable bonds is 4. The SMILES string of the molecule is O=C(NCc1nc2ccccc2[nH]1)c1cnc(-c2ccccc2)s1. The Balaban J connectivity index is 1.45. The number of aromatic amines is 1. The molecule has 4 aromatic rings. The molecule has 6 heteroatoms. The van der Waals surface area contributed by atoms with E-state index in [4.69, 9.17) is 0 Å². The Morgan fingerprint density at radius 1 is 1.08 bits per heavy atom. The van der Waals surface area contributed by atoms with Crippen LogP contribution in [-0.4, -0.2) is 20.9 Å². The molecule has 0 fully saturated rings. The van der Waals surface area contributed by atoms with Gasteiger partial charge in [-0.2, -0.15) is 0 Å². The molecule has 0 saturated carbocycles. The molecule has 2 aromatic heterocycles. The highest BCUT2D eigenvalue weighted by atomic mass is 32.1. The standard InChI is InChI=1S/C18H14N4OS/c23-17(15-10-20-18(24-15)12-6-2-1-3-7-12)19-11-16-21-13-8-4-5-9-14(13)22-16/h1-10H,11H2,(H,19,23)(H,21,22). The van der Waals surface area contributed by atoms with Crippen LogP contribution < -0.4 is 5.32 Å². The fourth-order valence-electron chi connectivity index (χ4n) is 2.43. The molecule has 0 aliphatic carbocycles. The van der Waals surface area contributed by atoms with Gasteiger partial charge in [0.05, 0.1) is 23.8 Å². The van der Waals surface area contributed by atoms with Crippen LogP contribution in [0.4, 0.5) is 0 Å². The Kier molecular flexibility index (Phi) is 3.80. The van der Waals surface area contributed by atoms with E-state index in [0.29, 0.717) is 11.4 Å². The zero-order valence-electron chi connectivity index (χ0n) is 12.7. The highest BCUT2D eigenvalue weighted by molar-refractivity contribution is 7.16. The van der Waals surface area contributed by atoms with E-state index in [0.717, 1.165) is 27.4 Å². The quantitative estimate of drug-likeness (QED) is 0.599. The summed E-state index contributed by atoms with van der Waals surface area (Å²) in [5.74, 6) is 0.590. The van der Waals surface area contributed by atoms with E-state index >= 15 is 0 Å². The molecule has 0 bridgehead atoms. The third-order valence-electron chi connectivity index (χ3n) is 3.61. The van der Waals surface area contributed by atoms with E-state index in [1.807, 2.05) is 54.6 Å². The van der Waals surface area contributed by atoms with Crippen molar-refractivity contribution in [3.05, 3.63) is 71.5 Å². The van der Waals surface area contributed by atoms with E-state index in [1.54, 1.807) is 6.20 Å². The summed E-state index contributed by atoms with van der Waals surface area (Å²) in [6.45, 7) is 0.353. The van der Waals surface area contributed by atoms with Gasteiger partial charge in [-0.15, -0.1) is 11.3 Å². The van der Waals surface area contributed by atoms with Crippen molar-refractivity contribution in [2.45, 2.75) is 6.54 Å². The van der Waals surface area contributed by atoms with Crippen LogP contribution in [0.5, 0.6) is 0 Å². The lowest BCUT2D eigenvalue weighted by Crippen LogP contribution is -2.22. The van der Waals surface area contributed by atoms with E-state index in [1.165, 1.54) is 11.3 Å². The number of aromatic nitrogens is 3. The average Bonchev–Trinajstić information content (AvgIpc) is 3.27. The van der Waals surface area contributed by atoms with Gasteiger partial charge in [-0.25, -0.2) is 9.97 Å². The zero-order valence-corrected chi connectivity index (χ0v) is 13.5. The Morgan fingerprint density at radius 3 is 2.71 bits per heavy atom. The molecule has 4 rings (SSSR count). The van der Waals surface area contributed by atoms with Crippen molar-refractivity contribution in [3.8, 4) is 10.6 Å². The van der Waals surface area contributed by atoms with Gasteiger partial charge in [0.2, 0.25) is 0 Å². The number of thiazole rings is 1. The molecule has 0 aliphatic rings. The number of nitrogens with one attached hydrogen (secondary N) is 2. The number of H-pyrrole nitrogens is 1. The number of hydrogen-bond acceptors (Lipinski definition) is 4. The molecular formula is C18H14N4OS. The maximum atomic E-state index is 12.3. The van der Waals surface area contributed by atoms with Crippen LogP contribution in [0, 0.1) is 0 Å². The molecule has 2 aromatic carbocycles. The van der Waals surface area contributed by atoms with Crippen molar-refractivity contribution >= 4 is 28.3 Å². The lowest BCUT2D eigenvalue weighted by molar-refractivity contribution is 0.0954. The predicted octanol–water partition coefficient (Wildman–Crippen LogP) is 3.62. The summed E-state index contributed by atoms with van der Waals surface area (Å²) >= 11 is 1.38. The number of carbonyl (C=O) groups is 1. The Hall–Kier alpha value is -2.99. The first kappa shape index (κ1) is 14.6. The fraction of sp³-hybridized carbons (Fsp3) is 0.0556. The van der Waals surface area contributed by atoms with Crippen LogP contribution in [0.15, 0.2) is 60.8 Å². The van der Waals surface area contributed by atoms with Gasteiger partial charge in [-0.1, -0.05) is 42.5 Å². The summed E-state index contributed by atoms with van der Waals surface area (Å²) in [6, 6.07) is 17.6. The molecule has 2 heterocycles. The Labute approximate surface area is 142 Å². The van der Waals surface area contributed by atoms with Crippen molar-refractivity contribution in [2.75, 3.05) is 0 Å². The number of hydrogen-bond donors (Lipinski definition) is 2. The van der Waals surface area contributed by atoms with Gasteiger partial charge in [0.15, 0.2) is 0 Å². The van der Waals surface area contributed by atoms with Gasteiger partial charge in [0.1, 0.15) is 15.7 Å². The summed E-state index contributed by atoms with van der Waals surface area (Å²) in [6.07, 6.45) is 1.61. The molecule has 2 N–H and O–H groups in total. The molecule has 0 radical (unpaired) electrons. The van der Waals surface area contributed by atoms with Gasteiger partial charge in [-0.3, -0.25) is 4.79 Å². The van der Waals surface area contributed by atoms with Crippen molar-refractivity contribution in [3.63, 3.8) is 0 Å². The molecule has 0 aliphatic heterocycles. The largest absolute Gasteiger partial charge is 0.344 e. The molecule has 0 atom stereocenters. The van der Waals surface area contributed by atoms with Crippen LogP contribution in [-0.2, 0) is 6.54 Å². The summed E-state index contributed by atoms with van der Waals surface area (Å²) < 4.78 is 0. The minimum Gasteiger partial charge on any atom is -0.344 e. The van der Waals surface area contributed by atoms with Gasteiger partial charge < -0.3 is 10.3 Å². The first-order valence-electron chi connectivity index (χ1n) is 7.53. The molecule has 24 heavy (non-hydrogen) atoms. The van der Waals surface area contributed by atoms with Crippen molar-refractivity contribution in [2.24, 2.45) is 0 Å². The van der Waals surface area contributed by atoms with E-state index in [2.05, 4.69) is 20.3 Å². The topological polar surface area (TPSA) is 70.7 Å². The van der Waals surface area contributed by atoms with Gasteiger partial charge in [0.25, 0.3) is 5.91 Å². The maximum absolute atomic E-state index is 12.3. The Bertz CT molecular complexity index is 957. The first-order chi connectivity index (χ1) is 11.8. The smallest absolute Gasteiger partial charge is 0.263 e. The summed E-state index contributed by atoms with van der Waals surface area (Å²) in [4.78, 5) is 24.9. The molecule has 1 amide bonds. The number of para-hydroxylation sites is 2. The van der Waals surface area contributed by atoms with Crippen LogP contribution in [0.3, 0.4) is 0 Å². The number of carbonyl (C=O) groups excluding carboxylic acids is 1. The highest BCUT2D eigenvalue weighted by Gasteiger charge is 2.12. The minimum atomic E-state index is -0.143. The number of nitrogens with zero attached hydrogens (tertiary/aromatic N) is 2. The van der Waals surface area contributed by atoms with Gasteiger partial charge in [-0.05, 0) is 12.1 Å². The lowest BCUT2D eigenvalue weighted by atomic mass is 10.2. The van der Waals surface area contributed by atoms with Crippen LogP contribution in [0.25, 0.3) is 21.6 Å². The summed E-state index contributed by atoms with van der Waals surface area (Å²) in [5, 5.41) is 3.72. The van der Waals surface area contributed by atoms with E-state index in [-0.39, 0.29) is 5.91 Å². The normalized spacial score (nSPS) is 10.8. The average molecular weight is 334 g/mol. The van der Waals surface area contributed by atoms with Gasteiger partial charge >= 0.3 is 0 Å². The molecule has 118 valence electrons. The second-order valence-corrected chi connectivity index (χ2v) is 6.31. The van der Waals surface area contributed by atoms with Gasteiger partial charge in [0, 0.05) is 5.56 Å². The number of imidazole rings is 1. The van der Waals surface area contributed by atoms with E-state index < -0.39 is 0 Å². The number of benzene rings is 2. The Morgan fingerprint density at radius 2 is 1.88 bits per heavy atom. The van der Waals surface area contributed by atoms with Crippen molar-refractivity contribution in [1.29, 1.82) is 0 Å². The number of amides is 1. The van der Waals surface area contributed by atoms with Crippen LogP contribution in [0.1, 0.15) is 15.5 Å². The van der Waals surface area contributed by atoms with Crippen molar-refractivity contribution < 1.29 is 4.79 Å². The summed E-state index contributed by atoms with van der Waals surface area (Å²) in [7, 11) is 0. The zero-order chi connectivity index (χ0) is 16.4. The molecule has 0 spiro atoms. The predicted molar refractivity (Wildman–Crippen MR) is 94.8 cm³/mol. The molecule has 0 saturated heterocycles. The second kappa shape index (κ2) is 6.25. The second-order valence-electron chi connectivity index (χ2n) is 5.28. The summed E-state index contributed by atoms with van der Waals surface area (Å²) in [5.41, 5.74) is 2.87. The van der Waals surface area contributed by atoms with E-state index in [9.17, 15) is 4.79 Å². The van der Waals surface area contributed by atoms with Crippen molar-refractivity contribution in [1.82, 2.24) is 20.3 Å². The monoisotopic (exact) mass is 334 g/mol. The third kappa shape index (κ3) is 2.91. The maximum Gasteiger partial charge on any atom is 0.263 e. The van der Waals surface area contributed by atoms with Crippen LogP contribution >= 0.6 is 11.3 Å². The lowest BCUT2D eigenvalue weighted by Gasteiger charge is -1.99. The fourth-order valence-corrected chi connectivity index (χ4v) is 3.27. The molecule has 5 nitrogen and oxygen atoms in total. The number of fused-ring (bicyclic) bond motifs is 1. The molecular weight excluding hydrogens is 320 g/mol. The van der Waals surface area contributed by atoms with Crippen LogP contribution in [0.2, 0.25) is 0 Å². The highest BCUT2D eigenvalue weighted by Crippen LogP contribution is 2.24. The minimum absolute atomic E-state index is 0.143.